The first-order valence-electron chi connectivity index (χ1n) is 5.87. The quantitative estimate of drug-likeness (QED) is 0.676. The zero-order valence-electron chi connectivity index (χ0n) is 10.4. The summed E-state index contributed by atoms with van der Waals surface area (Å²) >= 11 is 0. The number of hydrogen-bond donors (Lipinski definition) is 0. The summed E-state index contributed by atoms with van der Waals surface area (Å²) in [5.74, 6) is 4.13. The predicted molar refractivity (Wildman–Crippen MR) is 68.7 cm³/mol. The van der Waals surface area contributed by atoms with Crippen LogP contribution in [0.15, 0.2) is 24.3 Å². The molecule has 1 atom stereocenters. The van der Waals surface area contributed by atoms with Crippen LogP contribution in [-0.4, -0.2) is 6.10 Å². The minimum Gasteiger partial charge on any atom is -0.491 e. The average Bonchev–Trinajstić information content (AvgIpc) is 2.26. The van der Waals surface area contributed by atoms with Crippen molar-refractivity contribution in [3.05, 3.63) is 29.8 Å². The normalized spacial score (nSPS) is 12.2. The van der Waals surface area contributed by atoms with Crippen molar-refractivity contribution in [2.24, 2.45) is 0 Å². The Kier molecular flexibility index (Phi) is 4.92. The molecule has 0 aliphatic heterocycles. The third-order valence-electron chi connectivity index (χ3n) is 2.58. The minimum absolute atomic E-state index is 0.221. The Labute approximate surface area is 98.8 Å². The topological polar surface area (TPSA) is 9.23 Å². The van der Waals surface area contributed by atoms with Gasteiger partial charge in [0, 0.05) is 6.42 Å². The Morgan fingerprint density at radius 2 is 1.88 bits per heavy atom. The summed E-state index contributed by atoms with van der Waals surface area (Å²) in [6.45, 7) is 6.22. The van der Waals surface area contributed by atoms with E-state index in [1.165, 1.54) is 5.56 Å². The maximum absolute atomic E-state index is 5.60. The summed E-state index contributed by atoms with van der Waals surface area (Å²) in [4.78, 5) is 0. The second kappa shape index (κ2) is 6.23. The molecule has 0 radical (unpaired) electrons. The highest BCUT2D eigenvalue weighted by Crippen LogP contribution is 2.25. The van der Waals surface area contributed by atoms with E-state index in [-0.39, 0.29) is 6.10 Å². The van der Waals surface area contributed by atoms with Gasteiger partial charge in [0.25, 0.3) is 0 Å². The van der Waals surface area contributed by atoms with E-state index in [2.05, 4.69) is 25.0 Å². The molecule has 0 aromatic heterocycles. The van der Waals surface area contributed by atoms with Crippen LogP contribution in [0.2, 0.25) is 0 Å². The Bertz CT molecular complexity index is 343. The van der Waals surface area contributed by atoms with Gasteiger partial charge in [-0.25, -0.2) is 0 Å². The molecule has 1 aromatic rings. The van der Waals surface area contributed by atoms with Crippen LogP contribution in [0.25, 0.3) is 0 Å². The van der Waals surface area contributed by atoms with Crippen molar-refractivity contribution in [3.63, 3.8) is 0 Å². The average molecular weight is 216 g/mol. The van der Waals surface area contributed by atoms with E-state index in [9.17, 15) is 0 Å². The molecular formula is C15H20O. The second-order valence-corrected chi connectivity index (χ2v) is 4.25. The van der Waals surface area contributed by atoms with Crippen LogP contribution in [0.5, 0.6) is 5.75 Å². The third-order valence-corrected chi connectivity index (χ3v) is 2.58. The Morgan fingerprint density at radius 1 is 1.25 bits per heavy atom. The van der Waals surface area contributed by atoms with E-state index in [1.807, 2.05) is 26.0 Å². The van der Waals surface area contributed by atoms with Crippen LogP contribution in [0.1, 0.15) is 45.1 Å². The summed E-state index contributed by atoms with van der Waals surface area (Å²) in [6.07, 6.45) is 7.47. The van der Waals surface area contributed by atoms with Gasteiger partial charge in [-0.15, -0.1) is 12.3 Å². The van der Waals surface area contributed by atoms with Crippen LogP contribution in [0, 0.1) is 12.3 Å². The molecule has 0 saturated heterocycles. The fourth-order valence-corrected chi connectivity index (χ4v) is 1.73. The van der Waals surface area contributed by atoms with Gasteiger partial charge in [-0.3, -0.25) is 0 Å². The maximum Gasteiger partial charge on any atom is 0.119 e. The number of terminal acetylenes is 1. The molecule has 1 heteroatoms. The zero-order chi connectivity index (χ0) is 12.0. The van der Waals surface area contributed by atoms with Gasteiger partial charge in [0.1, 0.15) is 5.75 Å². The lowest BCUT2D eigenvalue weighted by molar-refractivity contribution is 0.242. The highest BCUT2D eigenvalue weighted by Gasteiger charge is 2.07. The lowest BCUT2D eigenvalue weighted by Gasteiger charge is -2.14. The van der Waals surface area contributed by atoms with Crippen molar-refractivity contribution >= 4 is 0 Å². The van der Waals surface area contributed by atoms with Crippen molar-refractivity contribution in [1.82, 2.24) is 0 Å². The first-order chi connectivity index (χ1) is 7.67. The summed E-state index contributed by atoms with van der Waals surface area (Å²) in [5.41, 5.74) is 1.30. The molecule has 0 spiro atoms. The van der Waals surface area contributed by atoms with Crippen molar-refractivity contribution in [2.45, 2.75) is 45.6 Å². The molecule has 1 rings (SSSR count). The summed E-state index contributed by atoms with van der Waals surface area (Å²) in [5, 5.41) is 0. The standard InChI is InChI=1S/C15H20O/c1-5-7-13(6-2)14-8-10-15(11-9-14)16-12(3)4/h1,8-13H,6-7H2,2-4H3. The Morgan fingerprint density at radius 3 is 2.31 bits per heavy atom. The largest absolute Gasteiger partial charge is 0.491 e. The maximum atomic E-state index is 5.60. The molecule has 0 amide bonds. The zero-order valence-corrected chi connectivity index (χ0v) is 10.4. The lowest BCUT2D eigenvalue weighted by Crippen LogP contribution is -2.05. The third kappa shape index (κ3) is 3.62. The van der Waals surface area contributed by atoms with Gasteiger partial charge >= 0.3 is 0 Å². The molecule has 1 aromatic carbocycles. The number of benzene rings is 1. The van der Waals surface area contributed by atoms with E-state index in [1.54, 1.807) is 0 Å². The summed E-state index contributed by atoms with van der Waals surface area (Å²) < 4.78 is 5.60. The number of ether oxygens (including phenoxy) is 1. The van der Waals surface area contributed by atoms with Crippen molar-refractivity contribution in [3.8, 4) is 18.1 Å². The van der Waals surface area contributed by atoms with Crippen molar-refractivity contribution in [2.75, 3.05) is 0 Å². The highest BCUT2D eigenvalue weighted by atomic mass is 16.5. The monoisotopic (exact) mass is 216 g/mol. The molecule has 0 saturated carbocycles. The molecule has 0 aliphatic rings. The molecule has 0 bridgehead atoms. The van der Waals surface area contributed by atoms with Gasteiger partial charge in [0.05, 0.1) is 6.10 Å². The van der Waals surface area contributed by atoms with E-state index >= 15 is 0 Å². The van der Waals surface area contributed by atoms with Crippen LogP contribution in [-0.2, 0) is 0 Å². The Hall–Kier alpha value is -1.42. The minimum atomic E-state index is 0.221. The number of rotatable bonds is 5. The SMILES string of the molecule is C#CCC(CC)c1ccc(OC(C)C)cc1. The smallest absolute Gasteiger partial charge is 0.119 e. The first-order valence-corrected chi connectivity index (χ1v) is 5.87. The fraction of sp³-hybridized carbons (Fsp3) is 0.467. The summed E-state index contributed by atoms with van der Waals surface area (Å²) in [6, 6.07) is 8.27. The van der Waals surface area contributed by atoms with Crippen molar-refractivity contribution < 1.29 is 4.74 Å². The number of hydrogen-bond acceptors (Lipinski definition) is 1. The summed E-state index contributed by atoms with van der Waals surface area (Å²) in [7, 11) is 0. The second-order valence-electron chi connectivity index (χ2n) is 4.25. The van der Waals surface area contributed by atoms with Gasteiger partial charge < -0.3 is 4.74 Å². The molecule has 1 unspecified atom stereocenters. The van der Waals surface area contributed by atoms with Gasteiger partial charge in [0.15, 0.2) is 0 Å². The predicted octanol–water partition coefficient (Wildman–Crippen LogP) is 3.99. The van der Waals surface area contributed by atoms with E-state index < -0.39 is 0 Å². The fourth-order valence-electron chi connectivity index (χ4n) is 1.73. The van der Waals surface area contributed by atoms with Gasteiger partial charge in [-0.2, -0.15) is 0 Å². The molecular weight excluding hydrogens is 196 g/mol. The highest BCUT2D eigenvalue weighted by molar-refractivity contribution is 5.30. The van der Waals surface area contributed by atoms with E-state index in [0.29, 0.717) is 5.92 Å². The molecule has 0 fully saturated rings. The molecule has 16 heavy (non-hydrogen) atoms. The molecule has 0 N–H and O–H groups in total. The lowest BCUT2D eigenvalue weighted by atomic mass is 9.94. The van der Waals surface area contributed by atoms with Crippen molar-refractivity contribution in [1.29, 1.82) is 0 Å². The van der Waals surface area contributed by atoms with Gasteiger partial charge in [0.2, 0.25) is 0 Å². The first kappa shape index (κ1) is 12.6. The molecule has 1 nitrogen and oxygen atoms in total. The van der Waals surface area contributed by atoms with Crippen LogP contribution < -0.4 is 4.74 Å². The van der Waals surface area contributed by atoms with Crippen LogP contribution in [0.3, 0.4) is 0 Å². The molecule has 0 heterocycles. The van der Waals surface area contributed by atoms with Gasteiger partial charge in [-0.1, -0.05) is 19.1 Å². The van der Waals surface area contributed by atoms with Crippen LogP contribution >= 0.6 is 0 Å². The van der Waals surface area contributed by atoms with E-state index in [4.69, 9.17) is 11.2 Å². The molecule has 0 aliphatic carbocycles. The molecule has 86 valence electrons. The van der Waals surface area contributed by atoms with Gasteiger partial charge in [-0.05, 0) is 43.9 Å². The Balaban J connectivity index is 2.73. The van der Waals surface area contributed by atoms with E-state index in [0.717, 1.165) is 18.6 Å². The van der Waals surface area contributed by atoms with Crippen LogP contribution in [0.4, 0.5) is 0 Å².